The number of hydrogen-bond donors (Lipinski definition) is 1. The van der Waals surface area contributed by atoms with Crippen molar-refractivity contribution in [3.63, 3.8) is 0 Å². The summed E-state index contributed by atoms with van der Waals surface area (Å²) in [6.07, 6.45) is 1.73. The average Bonchev–Trinajstić information content (AvgIpc) is 2.93. The first kappa shape index (κ1) is 20.5. The summed E-state index contributed by atoms with van der Waals surface area (Å²) >= 11 is 1.51. The van der Waals surface area contributed by atoms with Crippen molar-refractivity contribution in [1.29, 1.82) is 0 Å². The highest BCUT2D eigenvalue weighted by Crippen LogP contribution is 2.51. The van der Waals surface area contributed by atoms with E-state index in [0.29, 0.717) is 12.4 Å². The second-order valence-electron chi connectivity index (χ2n) is 7.43. The Morgan fingerprint density at radius 3 is 2.64 bits per heavy atom. The summed E-state index contributed by atoms with van der Waals surface area (Å²) in [5.41, 5.74) is 0. The van der Waals surface area contributed by atoms with E-state index < -0.39 is 16.8 Å². The van der Waals surface area contributed by atoms with E-state index in [1.54, 1.807) is 17.0 Å². The van der Waals surface area contributed by atoms with Crippen LogP contribution in [0.3, 0.4) is 0 Å². The van der Waals surface area contributed by atoms with Crippen molar-refractivity contribution in [2.24, 2.45) is 0 Å². The smallest absolute Gasteiger partial charge is 0.330 e. The van der Waals surface area contributed by atoms with Crippen LogP contribution in [0.2, 0.25) is 0 Å². The SMILES string of the molecule is CCCCOC(=O)[C@@H]1N2C(=O)[C@@H](NC(=O)COc3ccccc3)[C@H]2SC1(C)C. The zero-order valence-corrected chi connectivity index (χ0v) is 17.2. The maximum Gasteiger partial charge on any atom is 0.330 e. The Kier molecular flexibility index (Phi) is 6.17. The van der Waals surface area contributed by atoms with Crippen LogP contribution in [-0.2, 0) is 19.1 Å². The van der Waals surface area contributed by atoms with E-state index >= 15 is 0 Å². The topological polar surface area (TPSA) is 84.9 Å². The van der Waals surface area contributed by atoms with E-state index in [1.165, 1.54) is 11.8 Å². The lowest BCUT2D eigenvalue weighted by atomic mass is 9.96. The molecule has 3 rings (SSSR count). The molecule has 2 amide bonds. The Morgan fingerprint density at radius 2 is 1.96 bits per heavy atom. The summed E-state index contributed by atoms with van der Waals surface area (Å²) in [4.78, 5) is 38.9. The summed E-state index contributed by atoms with van der Waals surface area (Å²) in [5, 5.41) is 2.46. The molecule has 1 N–H and O–H groups in total. The van der Waals surface area contributed by atoms with E-state index in [0.717, 1.165) is 12.8 Å². The fourth-order valence-electron chi connectivity index (χ4n) is 3.40. The van der Waals surface area contributed by atoms with Crippen LogP contribution in [0, 0.1) is 0 Å². The van der Waals surface area contributed by atoms with Crippen molar-refractivity contribution in [2.75, 3.05) is 13.2 Å². The number of para-hydroxylation sites is 1. The van der Waals surface area contributed by atoms with Crippen LogP contribution in [0.15, 0.2) is 30.3 Å². The highest BCUT2D eigenvalue weighted by Gasteiger charge is 2.64. The average molecular weight is 407 g/mol. The molecule has 28 heavy (non-hydrogen) atoms. The number of amides is 2. The highest BCUT2D eigenvalue weighted by atomic mass is 32.2. The molecule has 0 bridgehead atoms. The molecular formula is C20H26N2O5S. The zero-order valence-electron chi connectivity index (χ0n) is 16.3. The molecule has 2 heterocycles. The molecule has 0 unspecified atom stereocenters. The maximum absolute atomic E-state index is 12.6. The van der Waals surface area contributed by atoms with Gasteiger partial charge < -0.3 is 19.7 Å². The largest absolute Gasteiger partial charge is 0.484 e. The number of unbranched alkanes of at least 4 members (excludes halogenated alkanes) is 1. The number of nitrogens with one attached hydrogen (secondary N) is 1. The fraction of sp³-hybridized carbons (Fsp3) is 0.550. The minimum absolute atomic E-state index is 0.170. The highest BCUT2D eigenvalue weighted by molar-refractivity contribution is 8.01. The number of β-lactam (4-membered cyclic amide) rings is 1. The lowest BCUT2D eigenvalue weighted by Gasteiger charge is -2.43. The maximum atomic E-state index is 12.6. The van der Waals surface area contributed by atoms with E-state index in [-0.39, 0.29) is 29.8 Å². The number of hydrogen-bond acceptors (Lipinski definition) is 6. The van der Waals surface area contributed by atoms with Gasteiger partial charge in [-0.25, -0.2) is 4.79 Å². The second-order valence-corrected chi connectivity index (χ2v) is 9.20. The van der Waals surface area contributed by atoms with Crippen LogP contribution < -0.4 is 10.1 Å². The Balaban J connectivity index is 1.56. The van der Waals surface area contributed by atoms with Crippen molar-refractivity contribution in [1.82, 2.24) is 10.2 Å². The Hall–Kier alpha value is -2.22. The van der Waals surface area contributed by atoms with Crippen molar-refractivity contribution in [2.45, 2.75) is 55.8 Å². The van der Waals surface area contributed by atoms with Crippen molar-refractivity contribution >= 4 is 29.5 Å². The van der Waals surface area contributed by atoms with Crippen LogP contribution in [-0.4, -0.2) is 58.1 Å². The number of rotatable bonds is 8. The molecule has 0 saturated carbocycles. The molecular weight excluding hydrogens is 380 g/mol. The van der Waals surface area contributed by atoms with Crippen molar-refractivity contribution in [3.8, 4) is 5.75 Å². The minimum atomic E-state index is -0.649. The molecule has 152 valence electrons. The molecule has 0 aliphatic carbocycles. The van der Waals surface area contributed by atoms with Gasteiger partial charge in [-0.3, -0.25) is 9.59 Å². The lowest BCUT2D eigenvalue weighted by molar-refractivity contribution is -0.164. The molecule has 1 aromatic rings. The van der Waals surface area contributed by atoms with Crippen LogP contribution in [0.25, 0.3) is 0 Å². The van der Waals surface area contributed by atoms with Gasteiger partial charge in [-0.1, -0.05) is 31.5 Å². The Morgan fingerprint density at radius 1 is 1.25 bits per heavy atom. The monoisotopic (exact) mass is 406 g/mol. The molecule has 8 heteroatoms. The molecule has 2 fully saturated rings. The van der Waals surface area contributed by atoms with E-state index in [4.69, 9.17) is 9.47 Å². The van der Waals surface area contributed by atoms with Gasteiger partial charge in [0.25, 0.3) is 5.91 Å². The Bertz CT molecular complexity index is 739. The third-order valence-electron chi connectivity index (χ3n) is 4.84. The molecule has 2 saturated heterocycles. The lowest BCUT2D eigenvalue weighted by Crippen LogP contribution is -2.71. The van der Waals surface area contributed by atoms with E-state index in [9.17, 15) is 14.4 Å². The molecule has 1 aromatic carbocycles. The molecule has 0 spiro atoms. The number of carbonyl (C=O) groups excluding carboxylic acids is 3. The van der Waals surface area contributed by atoms with Gasteiger partial charge in [0.05, 0.1) is 6.61 Å². The summed E-state index contributed by atoms with van der Waals surface area (Å²) in [6, 6.07) is 7.72. The number of thioether (sulfide) groups is 1. The zero-order chi connectivity index (χ0) is 20.3. The van der Waals surface area contributed by atoms with E-state index in [2.05, 4.69) is 5.32 Å². The first-order chi connectivity index (χ1) is 13.3. The third-order valence-corrected chi connectivity index (χ3v) is 6.41. The molecule has 0 radical (unpaired) electrons. The van der Waals surface area contributed by atoms with Crippen LogP contribution in [0.4, 0.5) is 0 Å². The predicted molar refractivity (Wildman–Crippen MR) is 106 cm³/mol. The molecule has 2 aliphatic heterocycles. The second kappa shape index (κ2) is 8.43. The minimum Gasteiger partial charge on any atom is -0.484 e. The quantitative estimate of drug-likeness (QED) is 0.404. The van der Waals surface area contributed by atoms with Crippen LogP contribution >= 0.6 is 11.8 Å². The summed E-state index contributed by atoms with van der Waals surface area (Å²) < 4.78 is 10.3. The number of benzene rings is 1. The van der Waals surface area contributed by atoms with Gasteiger partial charge in [0.1, 0.15) is 23.2 Å². The van der Waals surface area contributed by atoms with E-state index in [1.807, 2.05) is 39.0 Å². The fourth-order valence-corrected chi connectivity index (χ4v) is 5.02. The standard InChI is InChI=1S/C20H26N2O5S/c1-4-5-11-26-19(25)16-20(2,3)28-18-15(17(24)22(16)18)21-14(23)12-27-13-9-7-6-8-10-13/h6-10,15-16,18H,4-5,11-12H2,1-3H3,(H,21,23)/t15-,16+,18-/m1/s1. The molecule has 7 nitrogen and oxygen atoms in total. The van der Waals surface area contributed by atoms with Gasteiger partial charge in [-0.15, -0.1) is 11.8 Å². The van der Waals surface area contributed by atoms with Gasteiger partial charge in [-0.2, -0.15) is 0 Å². The number of ether oxygens (including phenoxy) is 2. The molecule has 2 aliphatic rings. The molecule has 0 aromatic heterocycles. The number of fused-ring (bicyclic) bond motifs is 1. The summed E-state index contributed by atoms with van der Waals surface area (Å²) in [7, 11) is 0. The molecule has 3 atom stereocenters. The summed E-state index contributed by atoms with van der Waals surface area (Å²) in [6.45, 7) is 6.05. The van der Waals surface area contributed by atoms with Gasteiger partial charge in [-0.05, 0) is 32.4 Å². The van der Waals surface area contributed by atoms with Gasteiger partial charge in [0.15, 0.2) is 6.61 Å². The number of carbonyl (C=O) groups is 3. The van der Waals surface area contributed by atoms with Gasteiger partial charge >= 0.3 is 5.97 Å². The number of nitrogens with zero attached hydrogens (tertiary/aromatic N) is 1. The normalized spacial score (nSPS) is 24.9. The predicted octanol–water partition coefficient (Wildman–Crippen LogP) is 1.96. The van der Waals surface area contributed by atoms with Gasteiger partial charge in [0.2, 0.25) is 5.91 Å². The van der Waals surface area contributed by atoms with Gasteiger partial charge in [0, 0.05) is 4.75 Å². The summed E-state index contributed by atoms with van der Waals surface area (Å²) in [5.74, 6) is -0.410. The third kappa shape index (κ3) is 4.11. The van der Waals surface area contributed by atoms with Crippen LogP contribution in [0.1, 0.15) is 33.6 Å². The van der Waals surface area contributed by atoms with Crippen LogP contribution in [0.5, 0.6) is 5.75 Å². The first-order valence-electron chi connectivity index (χ1n) is 9.49. The number of esters is 1. The Labute approximate surface area is 169 Å². The van der Waals surface area contributed by atoms with Crippen molar-refractivity contribution < 1.29 is 23.9 Å². The van der Waals surface area contributed by atoms with Crippen molar-refractivity contribution in [3.05, 3.63) is 30.3 Å². The first-order valence-corrected chi connectivity index (χ1v) is 10.4.